The maximum Gasteiger partial charge on any atom is 0.303 e. The molecule has 0 aromatic rings. The number of amides is 4. The van der Waals surface area contributed by atoms with Crippen molar-refractivity contribution in [2.75, 3.05) is 0 Å². The largest absolute Gasteiger partial charge is 0.481 e. The topological polar surface area (TPSA) is 168 Å². The third kappa shape index (κ3) is 10.5. The predicted octanol–water partition coefficient (Wildman–Crippen LogP) is -0.0970. The number of carboxylic acids is 1. The number of hydrogen-bond donors (Lipinski definition) is 5. The Bertz CT molecular complexity index is 608. The Hall–Kier alpha value is -2.65. The van der Waals surface area contributed by atoms with Gasteiger partial charge in [-0.1, -0.05) is 34.1 Å². The van der Waals surface area contributed by atoms with Crippen molar-refractivity contribution in [3.8, 4) is 0 Å². The summed E-state index contributed by atoms with van der Waals surface area (Å²) in [4.78, 5) is 59.2. The van der Waals surface area contributed by atoms with Crippen LogP contribution in [-0.4, -0.2) is 52.8 Å². The number of carbonyl (C=O) groups is 5. The Balaban J connectivity index is 5.37. The van der Waals surface area contributed by atoms with Crippen molar-refractivity contribution in [2.24, 2.45) is 17.6 Å². The third-order valence-electron chi connectivity index (χ3n) is 4.50. The number of nitrogens with two attached hydrogens (primary N) is 1. The summed E-state index contributed by atoms with van der Waals surface area (Å²) in [5.74, 6) is -3.62. The Labute approximate surface area is 171 Å². The van der Waals surface area contributed by atoms with Gasteiger partial charge in [0.25, 0.3) is 0 Å². The minimum Gasteiger partial charge on any atom is -0.481 e. The molecule has 166 valence electrons. The highest BCUT2D eigenvalue weighted by Gasteiger charge is 2.31. The Morgan fingerprint density at radius 3 is 1.93 bits per heavy atom. The first-order valence-corrected chi connectivity index (χ1v) is 9.77. The highest BCUT2D eigenvalue weighted by atomic mass is 16.4. The number of aliphatic carboxylic acids is 1. The Morgan fingerprint density at radius 2 is 1.52 bits per heavy atom. The number of hydrogen-bond acceptors (Lipinski definition) is 5. The van der Waals surface area contributed by atoms with E-state index in [4.69, 9.17) is 10.8 Å². The molecule has 0 aliphatic rings. The van der Waals surface area contributed by atoms with Crippen LogP contribution in [0.3, 0.4) is 0 Å². The molecule has 0 aromatic heterocycles. The number of rotatable bonds is 13. The third-order valence-corrected chi connectivity index (χ3v) is 4.50. The quantitative estimate of drug-likeness (QED) is 0.282. The summed E-state index contributed by atoms with van der Waals surface area (Å²) < 4.78 is 0. The molecule has 0 heterocycles. The molecule has 0 spiro atoms. The van der Waals surface area contributed by atoms with Crippen molar-refractivity contribution >= 4 is 29.6 Å². The second-order valence-corrected chi connectivity index (χ2v) is 7.65. The molecule has 0 bridgehead atoms. The minimum absolute atomic E-state index is 0.128. The van der Waals surface area contributed by atoms with E-state index in [1.54, 1.807) is 6.92 Å². The van der Waals surface area contributed by atoms with Gasteiger partial charge in [0.1, 0.15) is 18.1 Å². The average Bonchev–Trinajstić information content (AvgIpc) is 2.60. The molecule has 4 unspecified atom stereocenters. The molecule has 0 rings (SSSR count). The lowest BCUT2D eigenvalue weighted by Crippen LogP contribution is -2.58. The summed E-state index contributed by atoms with van der Waals surface area (Å²) in [5.41, 5.74) is 5.26. The normalized spacial score (nSPS) is 15.0. The molecule has 0 aromatic carbocycles. The van der Waals surface area contributed by atoms with Gasteiger partial charge in [0.15, 0.2) is 0 Å². The molecule has 0 aliphatic heterocycles. The van der Waals surface area contributed by atoms with Crippen LogP contribution in [0.2, 0.25) is 0 Å². The highest BCUT2D eigenvalue weighted by molar-refractivity contribution is 5.94. The second kappa shape index (κ2) is 12.7. The molecular formula is C19H34N4O6. The first kappa shape index (κ1) is 26.4. The zero-order chi connectivity index (χ0) is 22.7. The van der Waals surface area contributed by atoms with E-state index in [-0.39, 0.29) is 30.6 Å². The van der Waals surface area contributed by atoms with E-state index in [1.165, 1.54) is 6.92 Å². The molecule has 6 N–H and O–H groups in total. The van der Waals surface area contributed by atoms with Crippen LogP contribution in [0.4, 0.5) is 0 Å². The molecule has 0 aliphatic carbocycles. The van der Waals surface area contributed by atoms with Gasteiger partial charge in [-0.05, 0) is 24.7 Å². The van der Waals surface area contributed by atoms with Gasteiger partial charge in [0.2, 0.25) is 23.6 Å². The van der Waals surface area contributed by atoms with Gasteiger partial charge in [-0.3, -0.25) is 24.0 Å². The van der Waals surface area contributed by atoms with Gasteiger partial charge >= 0.3 is 5.97 Å². The van der Waals surface area contributed by atoms with Crippen molar-refractivity contribution in [1.82, 2.24) is 16.0 Å². The molecule has 0 fully saturated rings. The van der Waals surface area contributed by atoms with Gasteiger partial charge in [-0.25, -0.2) is 0 Å². The SMILES string of the molecule is CCC(C)C(NC(=O)C(CC(C)C)NC(C)=O)C(=O)NC(CCC(=O)O)C(N)=O. The summed E-state index contributed by atoms with van der Waals surface area (Å²) in [6, 6.07) is -2.93. The molecule has 0 saturated carbocycles. The maximum absolute atomic E-state index is 12.7. The van der Waals surface area contributed by atoms with Crippen LogP contribution < -0.4 is 21.7 Å². The van der Waals surface area contributed by atoms with E-state index in [2.05, 4.69) is 16.0 Å². The molecular weight excluding hydrogens is 380 g/mol. The monoisotopic (exact) mass is 414 g/mol. The van der Waals surface area contributed by atoms with Gasteiger partial charge in [-0.2, -0.15) is 0 Å². The van der Waals surface area contributed by atoms with E-state index in [0.717, 1.165) is 0 Å². The molecule has 10 nitrogen and oxygen atoms in total. The minimum atomic E-state index is -1.16. The van der Waals surface area contributed by atoms with Crippen LogP contribution in [-0.2, 0) is 24.0 Å². The van der Waals surface area contributed by atoms with Crippen molar-refractivity contribution in [2.45, 2.75) is 78.4 Å². The fraction of sp³-hybridized carbons (Fsp3) is 0.737. The molecule has 0 radical (unpaired) electrons. The second-order valence-electron chi connectivity index (χ2n) is 7.65. The molecule has 10 heteroatoms. The lowest BCUT2D eigenvalue weighted by atomic mass is 9.96. The van der Waals surface area contributed by atoms with Crippen LogP contribution in [0.5, 0.6) is 0 Å². The van der Waals surface area contributed by atoms with Crippen LogP contribution in [0.15, 0.2) is 0 Å². The van der Waals surface area contributed by atoms with Gasteiger partial charge in [-0.15, -0.1) is 0 Å². The standard InChI is InChI=1S/C19H34N4O6/c1-6-11(4)16(19(29)22-13(17(20)27)7-8-15(25)26)23-18(28)14(9-10(2)3)21-12(5)24/h10-11,13-14,16H,6-9H2,1-5H3,(H2,20,27)(H,21,24)(H,22,29)(H,23,28)(H,25,26). The van der Waals surface area contributed by atoms with E-state index >= 15 is 0 Å². The number of primary amides is 1. The fourth-order valence-corrected chi connectivity index (χ4v) is 2.72. The summed E-state index contributed by atoms with van der Waals surface area (Å²) in [5, 5.41) is 16.5. The van der Waals surface area contributed by atoms with E-state index < -0.39 is 41.8 Å². The highest BCUT2D eigenvalue weighted by Crippen LogP contribution is 2.11. The van der Waals surface area contributed by atoms with Gasteiger partial charge < -0.3 is 26.8 Å². The van der Waals surface area contributed by atoms with Gasteiger partial charge in [0, 0.05) is 13.3 Å². The van der Waals surface area contributed by atoms with E-state index in [9.17, 15) is 24.0 Å². The Kier molecular flexibility index (Phi) is 11.6. The zero-order valence-corrected chi connectivity index (χ0v) is 17.8. The van der Waals surface area contributed by atoms with Crippen molar-refractivity contribution in [3.05, 3.63) is 0 Å². The molecule has 29 heavy (non-hydrogen) atoms. The Morgan fingerprint density at radius 1 is 0.931 bits per heavy atom. The van der Waals surface area contributed by atoms with Crippen molar-refractivity contribution < 1.29 is 29.1 Å². The summed E-state index contributed by atoms with van der Waals surface area (Å²) in [7, 11) is 0. The van der Waals surface area contributed by atoms with E-state index in [0.29, 0.717) is 12.8 Å². The number of carbonyl (C=O) groups excluding carboxylic acids is 4. The van der Waals surface area contributed by atoms with E-state index in [1.807, 2.05) is 20.8 Å². The van der Waals surface area contributed by atoms with Crippen molar-refractivity contribution in [3.63, 3.8) is 0 Å². The van der Waals surface area contributed by atoms with Crippen molar-refractivity contribution in [1.29, 1.82) is 0 Å². The summed E-state index contributed by atoms with van der Waals surface area (Å²) in [6.45, 7) is 8.71. The average molecular weight is 415 g/mol. The predicted molar refractivity (Wildman–Crippen MR) is 106 cm³/mol. The van der Waals surface area contributed by atoms with Crippen LogP contribution >= 0.6 is 0 Å². The maximum atomic E-state index is 12.7. The van der Waals surface area contributed by atoms with Crippen LogP contribution in [0.1, 0.15) is 60.3 Å². The lowest BCUT2D eigenvalue weighted by Gasteiger charge is -2.28. The summed E-state index contributed by atoms with van der Waals surface area (Å²) >= 11 is 0. The van der Waals surface area contributed by atoms with Gasteiger partial charge in [0.05, 0.1) is 0 Å². The van der Waals surface area contributed by atoms with Crippen LogP contribution in [0.25, 0.3) is 0 Å². The molecule has 4 atom stereocenters. The fourth-order valence-electron chi connectivity index (χ4n) is 2.72. The zero-order valence-electron chi connectivity index (χ0n) is 17.8. The summed E-state index contributed by atoms with van der Waals surface area (Å²) in [6.07, 6.45) is 0.458. The number of nitrogens with one attached hydrogen (secondary N) is 3. The first-order chi connectivity index (χ1) is 13.4. The number of carboxylic acid groups (broad SMARTS) is 1. The lowest BCUT2D eigenvalue weighted by molar-refractivity contribution is -0.138. The smallest absolute Gasteiger partial charge is 0.303 e. The first-order valence-electron chi connectivity index (χ1n) is 9.77. The molecule has 0 saturated heterocycles. The van der Waals surface area contributed by atoms with Crippen LogP contribution in [0, 0.1) is 11.8 Å². The molecule has 4 amide bonds.